The predicted molar refractivity (Wildman–Crippen MR) is 185 cm³/mol. The molecule has 0 aromatic rings. The second-order valence-corrected chi connectivity index (χ2v) is 15.8. The summed E-state index contributed by atoms with van der Waals surface area (Å²) in [6, 6.07) is 0. The van der Waals surface area contributed by atoms with Crippen molar-refractivity contribution in [3.05, 3.63) is 39.2 Å². The first-order chi connectivity index (χ1) is 22.8. The number of rotatable bonds is 8. The van der Waals surface area contributed by atoms with Gasteiger partial charge in [-0.05, 0) is 86.4 Å². The second-order valence-electron chi connectivity index (χ2n) is 7.23. The molecule has 1 aliphatic rings. The standard InChI is InChI=1S/C24H24O16S8/c1-33-17(25)9-10(18(26)34-2)42-44-13(21(29)37-5)14(22(30)38-6)46-48-16(24(32)40-8)15(23(31)39-7)47-45-12(20(28)36-4)11(43-41-9)19(27)35-3/h1-8H3/b10-9-,12-11+,14-13+,16-15+. The van der Waals surface area contributed by atoms with Crippen LogP contribution in [0.1, 0.15) is 0 Å². The Hall–Kier alpha value is -2.48. The highest BCUT2D eigenvalue weighted by molar-refractivity contribution is 8.83. The maximum Gasteiger partial charge on any atom is 0.346 e. The molecule has 0 aromatic heterocycles. The van der Waals surface area contributed by atoms with Crippen molar-refractivity contribution in [2.24, 2.45) is 0 Å². The topological polar surface area (TPSA) is 210 Å². The van der Waals surface area contributed by atoms with Gasteiger partial charge in [-0.2, -0.15) is 0 Å². The molecule has 264 valence electrons. The molecule has 48 heavy (non-hydrogen) atoms. The molecule has 0 bridgehead atoms. The van der Waals surface area contributed by atoms with E-state index in [0.717, 1.165) is 56.9 Å². The Kier molecular flexibility index (Phi) is 20.2. The van der Waals surface area contributed by atoms with Crippen LogP contribution in [-0.4, -0.2) is 105 Å². The third-order valence-corrected chi connectivity index (χ3v) is 14.8. The minimum Gasteiger partial charge on any atom is -0.465 e. The number of carbonyl (C=O) groups is 8. The lowest BCUT2D eigenvalue weighted by Crippen LogP contribution is -2.14. The summed E-state index contributed by atoms with van der Waals surface area (Å²) in [4.78, 5) is 99.9. The summed E-state index contributed by atoms with van der Waals surface area (Å²) < 4.78 is 38.6. The third-order valence-electron chi connectivity index (χ3n) is 4.62. The molecule has 1 heterocycles. The van der Waals surface area contributed by atoms with Gasteiger partial charge >= 0.3 is 47.8 Å². The number of carbonyl (C=O) groups excluding carboxylic acids is 8. The van der Waals surface area contributed by atoms with E-state index in [4.69, 9.17) is 37.9 Å². The van der Waals surface area contributed by atoms with Crippen LogP contribution in [0.2, 0.25) is 0 Å². The van der Waals surface area contributed by atoms with E-state index in [2.05, 4.69) is 0 Å². The highest BCUT2D eigenvalue weighted by atomic mass is 33.1. The number of esters is 8. The van der Waals surface area contributed by atoms with Gasteiger partial charge in [0.1, 0.15) is 39.2 Å². The number of hydrogen-bond donors (Lipinski definition) is 0. The molecule has 1 aliphatic heterocycles. The lowest BCUT2D eigenvalue weighted by atomic mass is 10.5. The van der Waals surface area contributed by atoms with Crippen molar-refractivity contribution in [1.29, 1.82) is 0 Å². The molecule has 0 saturated carbocycles. The average molecular weight is 825 g/mol. The van der Waals surface area contributed by atoms with Gasteiger partial charge in [-0.3, -0.25) is 0 Å². The maximum atomic E-state index is 13.0. The molecule has 0 fully saturated rings. The fourth-order valence-electron chi connectivity index (χ4n) is 2.39. The van der Waals surface area contributed by atoms with E-state index in [-0.39, 0.29) is 0 Å². The highest BCUT2D eigenvalue weighted by Gasteiger charge is 2.35. The zero-order valence-electron chi connectivity index (χ0n) is 25.8. The maximum absolute atomic E-state index is 13.0. The Morgan fingerprint density at radius 2 is 0.333 bits per heavy atom. The fraction of sp³-hybridized carbons (Fsp3) is 0.333. The van der Waals surface area contributed by atoms with E-state index in [0.29, 0.717) is 86.4 Å². The summed E-state index contributed by atoms with van der Waals surface area (Å²) in [7, 11) is 11.7. The van der Waals surface area contributed by atoms with Crippen molar-refractivity contribution >= 4 is 134 Å². The van der Waals surface area contributed by atoms with Gasteiger partial charge in [-0.25, -0.2) is 38.4 Å². The van der Waals surface area contributed by atoms with Crippen LogP contribution in [-0.2, 0) is 76.3 Å². The van der Waals surface area contributed by atoms with Crippen LogP contribution in [0.4, 0.5) is 0 Å². The largest absolute Gasteiger partial charge is 0.465 e. The monoisotopic (exact) mass is 824 g/mol. The van der Waals surface area contributed by atoms with E-state index < -0.39 is 87.0 Å². The van der Waals surface area contributed by atoms with Gasteiger partial charge in [-0.1, -0.05) is 0 Å². The van der Waals surface area contributed by atoms with E-state index in [1.54, 1.807) is 0 Å². The summed E-state index contributed by atoms with van der Waals surface area (Å²) in [5.41, 5.74) is 0. The Balaban J connectivity index is 4.39. The minimum absolute atomic E-state index is 0.460. The quantitative estimate of drug-likeness (QED) is 0.194. The molecule has 0 amide bonds. The Labute approximate surface area is 304 Å². The first kappa shape index (κ1) is 43.5. The van der Waals surface area contributed by atoms with Crippen LogP contribution < -0.4 is 0 Å². The highest BCUT2D eigenvalue weighted by Crippen LogP contribution is 2.53. The normalized spacial score (nSPS) is 21.2. The van der Waals surface area contributed by atoms with Crippen LogP contribution in [0.15, 0.2) is 39.2 Å². The molecule has 1 rings (SSSR count). The van der Waals surface area contributed by atoms with Crippen LogP contribution >= 0.6 is 86.4 Å². The fourth-order valence-corrected chi connectivity index (χ4v) is 13.4. The predicted octanol–water partition coefficient (Wildman–Crippen LogP) is 3.76. The SMILES string of the molecule is COC(=O)/C1=C(\C(=O)OC)SS/C(C(=O)OC)=C(\C(=O)OC)SS/C(C(=O)OC)=C(\C(=O)OC)SS/C(C(=O)OC)=C(\C(=O)OC)SS1. The van der Waals surface area contributed by atoms with Crippen molar-refractivity contribution in [1.82, 2.24) is 0 Å². The molecule has 0 atom stereocenters. The van der Waals surface area contributed by atoms with Gasteiger partial charge in [0.2, 0.25) is 0 Å². The third kappa shape index (κ3) is 11.8. The molecule has 0 unspecified atom stereocenters. The van der Waals surface area contributed by atoms with Crippen molar-refractivity contribution in [2.45, 2.75) is 0 Å². The number of hydrogen-bond acceptors (Lipinski definition) is 24. The molecule has 0 radical (unpaired) electrons. The molecular formula is C24H24O16S8. The Morgan fingerprint density at radius 3 is 0.396 bits per heavy atom. The van der Waals surface area contributed by atoms with Crippen molar-refractivity contribution < 1.29 is 76.3 Å². The summed E-state index contributed by atoms with van der Waals surface area (Å²) >= 11 is 0. The average Bonchev–Trinajstić information content (AvgIpc) is 3.11. The summed E-state index contributed by atoms with van der Waals surface area (Å²) in [6.45, 7) is 0. The number of ether oxygens (including phenoxy) is 8. The second kappa shape index (κ2) is 22.3. The van der Waals surface area contributed by atoms with Crippen molar-refractivity contribution in [3.63, 3.8) is 0 Å². The van der Waals surface area contributed by atoms with E-state index in [1.165, 1.54) is 0 Å². The van der Waals surface area contributed by atoms with E-state index >= 15 is 0 Å². The molecule has 16 nitrogen and oxygen atoms in total. The van der Waals surface area contributed by atoms with Crippen LogP contribution in [0.3, 0.4) is 0 Å². The first-order valence-corrected chi connectivity index (χ1v) is 20.4. The lowest BCUT2D eigenvalue weighted by molar-refractivity contribution is -0.138. The van der Waals surface area contributed by atoms with Gasteiger partial charge in [0.25, 0.3) is 0 Å². The molecule has 0 saturated heterocycles. The minimum atomic E-state index is -1.10. The molecule has 0 aliphatic carbocycles. The van der Waals surface area contributed by atoms with Gasteiger partial charge in [0.05, 0.1) is 56.9 Å². The lowest BCUT2D eigenvalue weighted by Gasteiger charge is -2.16. The smallest absolute Gasteiger partial charge is 0.346 e. The van der Waals surface area contributed by atoms with Crippen LogP contribution in [0.25, 0.3) is 0 Å². The molecule has 24 heteroatoms. The Bertz CT molecular complexity index is 1150. The summed E-state index contributed by atoms with van der Waals surface area (Å²) in [5, 5.41) is 0. The van der Waals surface area contributed by atoms with Crippen LogP contribution in [0, 0.1) is 0 Å². The van der Waals surface area contributed by atoms with Gasteiger partial charge < -0.3 is 37.9 Å². The zero-order valence-corrected chi connectivity index (χ0v) is 32.3. The first-order valence-electron chi connectivity index (χ1n) is 11.8. The van der Waals surface area contributed by atoms with Gasteiger partial charge in [0.15, 0.2) is 0 Å². The molecule has 0 N–H and O–H groups in total. The van der Waals surface area contributed by atoms with Crippen molar-refractivity contribution in [2.75, 3.05) is 56.9 Å². The molecule has 0 aromatic carbocycles. The number of methoxy groups -OCH3 is 8. The van der Waals surface area contributed by atoms with Crippen molar-refractivity contribution in [3.8, 4) is 0 Å². The summed E-state index contributed by atoms with van der Waals surface area (Å²) in [6.07, 6.45) is 0. The summed E-state index contributed by atoms with van der Waals surface area (Å²) in [5.74, 6) is -8.83. The van der Waals surface area contributed by atoms with E-state index in [1.807, 2.05) is 0 Å². The van der Waals surface area contributed by atoms with E-state index in [9.17, 15) is 38.4 Å². The van der Waals surface area contributed by atoms with Gasteiger partial charge in [0, 0.05) is 0 Å². The van der Waals surface area contributed by atoms with Gasteiger partial charge in [-0.15, -0.1) is 0 Å². The van der Waals surface area contributed by atoms with Crippen LogP contribution in [0.5, 0.6) is 0 Å². The molecular weight excluding hydrogens is 801 g/mol. The molecule has 0 spiro atoms. The zero-order chi connectivity index (χ0) is 36.6. The Morgan fingerprint density at radius 1 is 0.250 bits per heavy atom.